The minimum atomic E-state index is 0.150. The van der Waals surface area contributed by atoms with Gasteiger partial charge in [-0.2, -0.15) is 0 Å². The van der Waals surface area contributed by atoms with Crippen LogP contribution in [0, 0.1) is 0 Å². The summed E-state index contributed by atoms with van der Waals surface area (Å²) in [4.78, 5) is 16.2. The van der Waals surface area contributed by atoms with Gasteiger partial charge in [-0.3, -0.25) is 9.79 Å². The van der Waals surface area contributed by atoms with Crippen molar-refractivity contribution in [2.45, 2.75) is 76.7 Å². The van der Waals surface area contributed by atoms with Gasteiger partial charge in [-0.1, -0.05) is 30.9 Å². The fraction of sp³-hybridized carbons (Fsp3) is 0.789. The zero-order valence-electron chi connectivity index (χ0n) is 15.2. The molecule has 0 aromatic carbocycles. The molecule has 0 aliphatic heterocycles. The van der Waals surface area contributed by atoms with Crippen molar-refractivity contribution in [1.82, 2.24) is 16.0 Å². The summed E-state index contributed by atoms with van der Waals surface area (Å²) in [6, 6.07) is 0.396. The number of amides is 1. The molecule has 0 aromatic heterocycles. The molecule has 0 radical (unpaired) electrons. The number of guanidine groups is 1. The molecular formula is C19H34N4O. The summed E-state index contributed by atoms with van der Waals surface area (Å²) in [5.41, 5.74) is 1.57. The molecule has 0 spiro atoms. The zero-order chi connectivity index (χ0) is 17.0. The lowest BCUT2D eigenvalue weighted by molar-refractivity contribution is -0.121. The first-order chi connectivity index (χ1) is 11.8. The van der Waals surface area contributed by atoms with E-state index >= 15 is 0 Å². The van der Waals surface area contributed by atoms with E-state index in [-0.39, 0.29) is 5.91 Å². The molecule has 1 amide bonds. The first kappa shape index (κ1) is 18.8. The van der Waals surface area contributed by atoms with Gasteiger partial charge in [0.2, 0.25) is 5.91 Å². The lowest BCUT2D eigenvalue weighted by Crippen LogP contribution is -2.41. The molecule has 24 heavy (non-hydrogen) atoms. The number of aliphatic imine (C=N–C) groups is 1. The molecule has 1 saturated carbocycles. The topological polar surface area (TPSA) is 65.5 Å². The normalized spacial score (nSPS) is 19.5. The Labute approximate surface area is 146 Å². The van der Waals surface area contributed by atoms with Gasteiger partial charge in [0.25, 0.3) is 0 Å². The second kappa shape index (κ2) is 11.1. The summed E-state index contributed by atoms with van der Waals surface area (Å²) >= 11 is 0. The highest BCUT2D eigenvalue weighted by Crippen LogP contribution is 2.19. The van der Waals surface area contributed by atoms with Crippen LogP contribution in [0.1, 0.15) is 70.6 Å². The van der Waals surface area contributed by atoms with E-state index in [1.807, 2.05) is 0 Å². The Balaban J connectivity index is 1.55. The van der Waals surface area contributed by atoms with E-state index < -0.39 is 0 Å². The fourth-order valence-electron chi connectivity index (χ4n) is 3.53. The van der Waals surface area contributed by atoms with Gasteiger partial charge in [0.05, 0.1) is 0 Å². The molecule has 2 aliphatic carbocycles. The van der Waals surface area contributed by atoms with Crippen LogP contribution in [-0.2, 0) is 4.79 Å². The highest BCUT2D eigenvalue weighted by molar-refractivity contribution is 5.81. The number of nitrogens with zero attached hydrogens (tertiary/aromatic N) is 1. The molecule has 0 unspecified atom stereocenters. The van der Waals surface area contributed by atoms with Crippen molar-refractivity contribution in [2.24, 2.45) is 4.99 Å². The maximum atomic E-state index is 12.0. The average Bonchev–Trinajstić information content (AvgIpc) is 2.62. The number of carbonyl (C=O) groups is 1. The van der Waals surface area contributed by atoms with Crippen molar-refractivity contribution in [3.8, 4) is 0 Å². The van der Waals surface area contributed by atoms with E-state index in [0.717, 1.165) is 31.8 Å². The van der Waals surface area contributed by atoms with Crippen molar-refractivity contribution >= 4 is 11.9 Å². The summed E-state index contributed by atoms with van der Waals surface area (Å²) in [5, 5.41) is 9.72. The molecule has 2 aliphatic rings. The van der Waals surface area contributed by atoms with Crippen LogP contribution in [0.2, 0.25) is 0 Å². The summed E-state index contributed by atoms with van der Waals surface area (Å²) in [6.45, 7) is 1.53. The van der Waals surface area contributed by atoms with E-state index in [1.165, 1.54) is 44.9 Å². The molecule has 0 bridgehead atoms. The number of allylic oxidation sites excluding steroid dienone is 1. The Kier molecular flexibility index (Phi) is 8.71. The van der Waals surface area contributed by atoms with Crippen LogP contribution in [-0.4, -0.2) is 38.0 Å². The van der Waals surface area contributed by atoms with Crippen molar-refractivity contribution in [2.75, 3.05) is 20.1 Å². The SMILES string of the molecule is CN=C(NCCC(=O)NC1CCCCC1)NCCC1=CCCCC1. The Morgan fingerprint density at radius 2 is 1.92 bits per heavy atom. The Morgan fingerprint density at radius 1 is 1.12 bits per heavy atom. The lowest BCUT2D eigenvalue weighted by Gasteiger charge is -2.22. The maximum Gasteiger partial charge on any atom is 0.221 e. The van der Waals surface area contributed by atoms with Gasteiger partial charge in [-0.05, 0) is 44.9 Å². The van der Waals surface area contributed by atoms with Crippen LogP contribution in [0.3, 0.4) is 0 Å². The second-order valence-corrected chi connectivity index (χ2v) is 6.94. The fourth-order valence-corrected chi connectivity index (χ4v) is 3.53. The smallest absolute Gasteiger partial charge is 0.221 e. The molecule has 0 saturated heterocycles. The molecule has 3 N–H and O–H groups in total. The van der Waals surface area contributed by atoms with Crippen LogP contribution in [0.4, 0.5) is 0 Å². The Hall–Kier alpha value is -1.52. The number of rotatable bonds is 7. The van der Waals surface area contributed by atoms with Gasteiger partial charge >= 0.3 is 0 Å². The minimum Gasteiger partial charge on any atom is -0.356 e. The predicted octanol–water partition coefficient (Wildman–Crippen LogP) is 2.88. The summed E-state index contributed by atoms with van der Waals surface area (Å²) in [6.07, 6.45) is 15.2. The van der Waals surface area contributed by atoms with E-state index in [9.17, 15) is 4.79 Å². The molecule has 2 rings (SSSR count). The van der Waals surface area contributed by atoms with Gasteiger partial charge in [0.15, 0.2) is 5.96 Å². The van der Waals surface area contributed by atoms with Crippen LogP contribution in [0.5, 0.6) is 0 Å². The quantitative estimate of drug-likeness (QED) is 0.381. The standard InChI is InChI=1S/C19H34N4O/c1-20-19(21-14-12-16-8-4-2-5-9-16)22-15-13-18(24)23-17-10-6-3-7-11-17/h8,17H,2-7,9-15H2,1H3,(H,23,24)(H2,20,21,22). The summed E-state index contributed by atoms with van der Waals surface area (Å²) in [7, 11) is 1.78. The van der Waals surface area contributed by atoms with Crippen molar-refractivity contribution in [1.29, 1.82) is 0 Å². The Morgan fingerprint density at radius 3 is 2.62 bits per heavy atom. The zero-order valence-corrected chi connectivity index (χ0v) is 15.2. The molecule has 0 atom stereocenters. The third kappa shape index (κ3) is 7.37. The average molecular weight is 335 g/mol. The van der Waals surface area contributed by atoms with Gasteiger partial charge in [0, 0.05) is 32.6 Å². The molecular weight excluding hydrogens is 300 g/mol. The molecule has 0 heterocycles. The molecule has 5 heteroatoms. The molecule has 5 nitrogen and oxygen atoms in total. The van der Waals surface area contributed by atoms with Gasteiger partial charge in [-0.15, -0.1) is 0 Å². The van der Waals surface area contributed by atoms with E-state index in [2.05, 4.69) is 27.0 Å². The largest absolute Gasteiger partial charge is 0.356 e. The maximum absolute atomic E-state index is 12.0. The highest BCUT2D eigenvalue weighted by atomic mass is 16.1. The van der Waals surface area contributed by atoms with Crippen molar-refractivity contribution in [3.05, 3.63) is 11.6 Å². The third-order valence-electron chi connectivity index (χ3n) is 4.96. The molecule has 0 aromatic rings. The van der Waals surface area contributed by atoms with Crippen LogP contribution >= 0.6 is 0 Å². The minimum absolute atomic E-state index is 0.150. The number of hydrogen-bond donors (Lipinski definition) is 3. The monoisotopic (exact) mass is 334 g/mol. The predicted molar refractivity (Wildman–Crippen MR) is 100 cm³/mol. The number of hydrogen-bond acceptors (Lipinski definition) is 2. The van der Waals surface area contributed by atoms with E-state index in [4.69, 9.17) is 0 Å². The summed E-state index contributed by atoms with van der Waals surface area (Å²) in [5.74, 6) is 0.939. The lowest BCUT2D eigenvalue weighted by atomic mass is 9.95. The third-order valence-corrected chi connectivity index (χ3v) is 4.96. The second-order valence-electron chi connectivity index (χ2n) is 6.94. The first-order valence-corrected chi connectivity index (χ1v) is 9.69. The molecule has 136 valence electrons. The van der Waals surface area contributed by atoms with Gasteiger partial charge in [0.1, 0.15) is 0 Å². The van der Waals surface area contributed by atoms with Gasteiger partial charge in [-0.25, -0.2) is 0 Å². The number of nitrogens with one attached hydrogen (secondary N) is 3. The van der Waals surface area contributed by atoms with Gasteiger partial charge < -0.3 is 16.0 Å². The highest BCUT2D eigenvalue weighted by Gasteiger charge is 2.15. The van der Waals surface area contributed by atoms with Crippen molar-refractivity contribution < 1.29 is 4.79 Å². The Bertz CT molecular complexity index is 439. The van der Waals surface area contributed by atoms with E-state index in [0.29, 0.717) is 19.0 Å². The first-order valence-electron chi connectivity index (χ1n) is 9.69. The molecule has 1 fully saturated rings. The van der Waals surface area contributed by atoms with Crippen molar-refractivity contribution in [3.63, 3.8) is 0 Å². The summed E-state index contributed by atoms with van der Waals surface area (Å²) < 4.78 is 0. The number of carbonyl (C=O) groups excluding carboxylic acids is 1. The van der Waals surface area contributed by atoms with Crippen LogP contribution < -0.4 is 16.0 Å². The van der Waals surface area contributed by atoms with Crippen LogP contribution in [0.25, 0.3) is 0 Å². The van der Waals surface area contributed by atoms with Crippen LogP contribution in [0.15, 0.2) is 16.6 Å². The van der Waals surface area contributed by atoms with E-state index in [1.54, 1.807) is 12.6 Å².